The fraction of sp³-hybridized carbons (Fsp3) is 0.750. The molecular formula is C12H22N4O. The summed E-state index contributed by atoms with van der Waals surface area (Å²) in [7, 11) is 0. The van der Waals surface area contributed by atoms with Gasteiger partial charge in [-0.3, -0.25) is 9.58 Å². The zero-order valence-electron chi connectivity index (χ0n) is 10.5. The second-order valence-corrected chi connectivity index (χ2v) is 4.56. The Morgan fingerprint density at radius 2 is 2.41 bits per heavy atom. The Balaban J connectivity index is 1.68. The van der Waals surface area contributed by atoms with Gasteiger partial charge in [0, 0.05) is 32.4 Å². The van der Waals surface area contributed by atoms with Crippen LogP contribution in [0.15, 0.2) is 12.3 Å². The monoisotopic (exact) mass is 238 g/mol. The number of nitrogens with zero attached hydrogens (tertiary/aromatic N) is 3. The number of ether oxygens (including phenoxy) is 1. The lowest BCUT2D eigenvalue weighted by Crippen LogP contribution is -2.42. The third-order valence-corrected chi connectivity index (χ3v) is 3.20. The lowest BCUT2D eigenvalue weighted by molar-refractivity contribution is -0.0301. The first-order valence-electron chi connectivity index (χ1n) is 6.41. The van der Waals surface area contributed by atoms with E-state index in [2.05, 4.69) is 16.9 Å². The third-order valence-electron chi connectivity index (χ3n) is 3.20. The molecule has 0 spiro atoms. The molecule has 0 aliphatic carbocycles. The van der Waals surface area contributed by atoms with Crippen LogP contribution in [-0.4, -0.2) is 47.0 Å². The van der Waals surface area contributed by atoms with Gasteiger partial charge in [-0.25, -0.2) is 0 Å². The molecule has 0 saturated carbocycles. The molecule has 5 nitrogen and oxygen atoms in total. The average molecular weight is 238 g/mol. The number of morpholine rings is 1. The Morgan fingerprint density at radius 3 is 3.12 bits per heavy atom. The minimum Gasteiger partial charge on any atom is -0.382 e. The first kappa shape index (κ1) is 12.4. The third kappa shape index (κ3) is 3.71. The summed E-state index contributed by atoms with van der Waals surface area (Å²) in [4.78, 5) is 2.48. The lowest BCUT2D eigenvalue weighted by Gasteiger charge is -2.32. The molecule has 1 atom stereocenters. The first-order valence-corrected chi connectivity index (χ1v) is 6.41. The number of rotatable bonds is 5. The Hall–Kier alpha value is -1.07. The summed E-state index contributed by atoms with van der Waals surface area (Å²) in [5, 5.41) is 4.18. The van der Waals surface area contributed by atoms with Crippen molar-refractivity contribution in [3.8, 4) is 0 Å². The van der Waals surface area contributed by atoms with E-state index in [9.17, 15) is 0 Å². The number of hydrogen-bond donors (Lipinski definition) is 1. The molecule has 2 heterocycles. The minimum atomic E-state index is 0.420. The topological polar surface area (TPSA) is 56.3 Å². The smallest absolute Gasteiger partial charge is 0.145 e. The molecule has 1 aromatic heterocycles. The molecule has 5 heteroatoms. The Labute approximate surface area is 103 Å². The highest BCUT2D eigenvalue weighted by Gasteiger charge is 2.17. The molecule has 1 unspecified atom stereocenters. The van der Waals surface area contributed by atoms with Crippen molar-refractivity contribution in [2.24, 2.45) is 0 Å². The van der Waals surface area contributed by atoms with Gasteiger partial charge in [0.25, 0.3) is 0 Å². The fourth-order valence-electron chi connectivity index (χ4n) is 2.19. The SMILES string of the molecule is CCC1CN(CCCn2ccc(N)n2)CCO1. The quantitative estimate of drug-likeness (QED) is 0.830. The van der Waals surface area contributed by atoms with Gasteiger partial charge >= 0.3 is 0 Å². The molecule has 1 fully saturated rings. The Morgan fingerprint density at radius 1 is 1.53 bits per heavy atom. The van der Waals surface area contributed by atoms with Crippen LogP contribution in [0.1, 0.15) is 19.8 Å². The van der Waals surface area contributed by atoms with E-state index < -0.39 is 0 Å². The standard InChI is InChI=1S/C12H22N4O/c1-2-11-10-15(8-9-17-11)5-3-6-16-7-4-12(13)14-16/h4,7,11H,2-3,5-6,8-10H2,1H3,(H2,13,14). The fourth-order valence-corrected chi connectivity index (χ4v) is 2.19. The maximum atomic E-state index is 5.65. The van der Waals surface area contributed by atoms with Gasteiger partial charge < -0.3 is 10.5 Å². The van der Waals surface area contributed by atoms with Gasteiger partial charge in [0.05, 0.1) is 12.7 Å². The molecule has 1 aliphatic heterocycles. The number of anilines is 1. The number of aryl methyl sites for hydroxylation is 1. The largest absolute Gasteiger partial charge is 0.382 e. The van der Waals surface area contributed by atoms with Gasteiger partial charge in [0.15, 0.2) is 0 Å². The van der Waals surface area contributed by atoms with Crippen molar-refractivity contribution < 1.29 is 4.74 Å². The second kappa shape index (κ2) is 6.02. The van der Waals surface area contributed by atoms with Crippen molar-refractivity contribution in [2.45, 2.75) is 32.4 Å². The molecule has 0 aromatic carbocycles. The van der Waals surface area contributed by atoms with Crippen LogP contribution in [0, 0.1) is 0 Å². The van der Waals surface area contributed by atoms with Crippen LogP contribution >= 0.6 is 0 Å². The summed E-state index contributed by atoms with van der Waals surface area (Å²) >= 11 is 0. The minimum absolute atomic E-state index is 0.420. The van der Waals surface area contributed by atoms with Gasteiger partial charge in [-0.15, -0.1) is 0 Å². The number of hydrogen-bond acceptors (Lipinski definition) is 4. The average Bonchev–Trinajstić information content (AvgIpc) is 2.75. The van der Waals surface area contributed by atoms with Gasteiger partial charge in [0.2, 0.25) is 0 Å². The summed E-state index contributed by atoms with van der Waals surface area (Å²) in [6.45, 7) is 7.22. The van der Waals surface area contributed by atoms with Crippen molar-refractivity contribution in [3.05, 3.63) is 12.3 Å². The highest BCUT2D eigenvalue weighted by molar-refractivity contribution is 5.23. The molecule has 17 heavy (non-hydrogen) atoms. The number of nitrogens with two attached hydrogens (primary N) is 1. The molecule has 0 bridgehead atoms. The zero-order valence-corrected chi connectivity index (χ0v) is 10.5. The predicted molar refractivity (Wildman–Crippen MR) is 67.7 cm³/mol. The molecule has 2 rings (SSSR count). The molecule has 1 saturated heterocycles. The van der Waals surface area contributed by atoms with E-state index in [1.165, 1.54) is 0 Å². The van der Waals surface area contributed by atoms with Crippen LogP contribution < -0.4 is 5.73 Å². The van der Waals surface area contributed by atoms with E-state index in [-0.39, 0.29) is 0 Å². The molecule has 0 amide bonds. The van der Waals surface area contributed by atoms with E-state index in [0.29, 0.717) is 11.9 Å². The van der Waals surface area contributed by atoms with Gasteiger partial charge in [-0.05, 0) is 18.9 Å². The maximum Gasteiger partial charge on any atom is 0.145 e. The second-order valence-electron chi connectivity index (χ2n) is 4.56. The first-order chi connectivity index (χ1) is 8.28. The van der Waals surface area contributed by atoms with Crippen LogP contribution in [0.5, 0.6) is 0 Å². The van der Waals surface area contributed by atoms with Crippen LogP contribution in [0.4, 0.5) is 5.82 Å². The van der Waals surface area contributed by atoms with Crippen LogP contribution in [0.3, 0.4) is 0 Å². The highest BCUT2D eigenvalue weighted by atomic mass is 16.5. The summed E-state index contributed by atoms with van der Waals surface area (Å²) in [5.74, 6) is 0.599. The zero-order chi connectivity index (χ0) is 12.1. The van der Waals surface area contributed by atoms with Crippen LogP contribution in [0.25, 0.3) is 0 Å². The molecule has 1 aromatic rings. The predicted octanol–water partition coefficient (Wildman–Crippen LogP) is 0.966. The van der Waals surface area contributed by atoms with Gasteiger partial charge in [-0.2, -0.15) is 5.10 Å². The van der Waals surface area contributed by atoms with Crippen molar-refractivity contribution in [1.82, 2.24) is 14.7 Å². The normalized spacial score (nSPS) is 21.8. The van der Waals surface area contributed by atoms with E-state index in [1.807, 2.05) is 16.9 Å². The summed E-state index contributed by atoms with van der Waals surface area (Å²) in [6.07, 6.45) is 4.57. The maximum absolute atomic E-state index is 5.65. The van der Waals surface area contributed by atoms with Crippen LogP contribution in [0.2, 0.25) is 0 Å². The highest BCUT2D eigenvalue weighted by Crippen LogP contribution is 2.08. The molecular weight excluding hydrogens is 216 g/mol. The van der Waals surface area contributed by atoms with E-state index in [4.69, 9.17) is 10.5 Å². The van der Waals surface area contributed by atoms with Crippen molar-refractivity contribution in [2.75, 3.05) is 32.0 Å². The summed E-state index contributed by atoms with van der Waals surface area (Å²) < 4.78 is 7.56. The molecule has 0 radical (unpaired) electrons. The van der Waals surface area contributed by atoms with E-state index in [0.717, 1.165) is 45.6 Å². The molecule has 96 valence electrons. The van der Waals surface area contributed by atoms with Gasteiger partial charge in [-0.1, -0.05) is 6.92 Å². The van der Waals surface area contributed by atoms with Crippen molar-refractivity contribution in [3.63, 3.8) is 0 Å². The summed E-state index contributed by atoms with van der Waals surface area (Å²) in [5.41, 5.74) is 5.57. The summed E-state index contributed by atoms with van der Waals surface area (Å²) in [6, 6.07) is 1.84. The Bertz CT molecular complexity index is 339. The molecule has 2 N–H and O–H groups in total. The Kier molecular flexibility index (Phi) is 4.39. The molecule has 1 aliphatic rings. The van der Waals surface area contributed by atoms with Crippen molar-refractivity contribution >= 4 is 5.82 Å². The van der Waals surface area contributed by atoms with Crippen molar-refractivity contribution in [1.29, 1.82) is 0 Å². The van der Waals surface area contributed by atoms with E-state index >= 15 is 0 Å². The number of nitrogen functional groups attached to an aromatic ring is 1. The lowest BCUT2D eigenvalue weighted by atomic mass is 10.2. The van der Waals surface area contributed by atoms with Gasteiger partial charge in [0.1, 0.15) is 5.82 Å². The van der Waals surface area contributed by atoms with E-state index in [1.54, 1.807) is 0 Å². The number of aromatic nitrogens is 2. The van der Waals surface area contributed by atoms with Crippen LogP contribution in [-0.2, 0) is 11.3 Å².